The maximum absolute atomic E-state index is 11.9. The van der Waals surface area contributed by atoms with Crippen LogP contribution in [0.15, 0.2) is 12.1 Å². The smallest absolute Gasteiger partial charge is 0.250 e. The highest BCUT2D eigenvalue weighted by molar-refractivity contribution is 6.74. The monoisotopic (exact) mass is 310 g/mol. The Morgan fingerprint density at radius 2 is 1.62 bits per heavy atom. The van der Waals surface area contributed by atoms with E-state index in [-0.39, 0.29) is 10.8 Å². The van der Waals surface area contributed by atoms with E-state index >= 15 is 0 Å². The number of carbonyl (C=O) groups is 1. The first-order valence-corrected chi connectivity index (χ1v) is 9.91. The van der Waals surface area contributed by atoms with Crippen molar-refractivity contribution in [3.05, 3.63) is 17.7 Å². The summed E-state index contributed by atoms with van der Waals surface area (Å²) in [4.78, 5) is 11.9. The second kappa shape index (κ2) is 6.09. The van der Waals surface area contributed by atoms with Crippen LogP contribution < -0.4 is 13.9 Å². The Kier molecular flexibility index (Phi) is 5.10. The molecule has 0 aliphatic heterocycles. The molecule has 21 heavy (non-hydrogen) atoms. The van der Waals surface area contributed by atoms with E-state index in [2.05, 4.69) is 33.9 Å². The van der Waals surface area contributed by atoms with Crippen molar-refractivity contribution in [2.24, 2.45) is 0 Å². The highest BCUT2D eigenvalue weighted by atomic mass is 28.4. The first-order valence-electron chi connectivity index (χ1n) is 7.00. The Morgan fingerprint density at radius 3 is 2.00 bits per heavy atom. The zero-order chi connectivity index (χ0) is 16.4. The Hall–Kier alpha value is -1.49. The molecule has 0 radical (unpaired) electrons. The minimum absolute atomic E-state index is 0.0230. The fourth-order valence-corrected chi connectivity index (χ4v) is 2.70. The number of benzene rings is 1. The summed E-state index contributed by atoms with van der Waals surface area (Å²) in [6, 6.07) is 3.46. The van der Waals surface area contributed by atoms with Crippen molar-refractivity contribution in [3.8, 4) is 17.2 Å². The number of Topliss-reactive ketones (excluding diaryl/α,β-unsaturated/α-hetero) is 1. The molecule has 118 valence electrons. The van der Waals surface area contributed by atoms with E-state index in [0.29, 0.717) is 22.8 Å². The van der Waals surface area contributed by atoms with E-state index < -0.39 is 8.32 Å². The molecule has 4 nitrogen and oxygen atoms in total. The first-order chi connectivity index (χ1) is 9.55. The van der Waals surface area contributed by atoms with Crippen molar-refractivity contribution in [1.29, 1.82) is 0 Å². The van der Waals surface area contributed by atoms with Gasteiger partial charge in [0.1, 0.15) is 0 Å². The van der Waals surface area contributed by atoms with Crippen molar-refractivity contribution < 1.29 is 18.7 Å². The zero-order valence-electron chi connectivity index (χ0n) is 14.3. The molecular weight excluding hydrogens is 284 g/mol. The topological polar surface area (TPSA) is 44.8 Å². The van der Waals surface area contributed by atoms with Gasteiger partial charge in [0, 0.05) is 0 Å². The van der Waals surface area contributed by atoms with E-state index in [1.165, 1.54) is 6.92 Å². The predicted octanol–water partition coefficient (Wildman–Crippen LogP) is 4.29. The van der Waals surface area contributed by atoms with Crippen LogP contribution in [-0.2, 0) is 0 Å². The third-order valence-corrected chi connectivity index (χ3v) is 8.37. The van der Waals surface area contributed by atoms with Crippen LogP contribution in [0.3, 0.4) is 0 Å². The van der Waals surface area contributed by atoms with Crippen molar-refractivity contribution in [3.63, 3.8) is 0 Å². The van der Waals surface area contributed by atoms with Gasteiger partial charge >= 0.3 is 0 Å². The molecule has 0 aromatic heterocycles. The van der Waals surface area contributed by atoms with Gasteiger partial charge in [-0.05, 0) is 37.2 Å². The molecule has 0 saturated heterocycles. The lowest BCUT2D eigenvalue weighted by Gasteiger charge is -2.37. The van der Waals surface area contributed by atoms with Crippen LogP contribution in [0.2, 0.25) is 18.1 Å². The number of hydrogen-bond donors (Lipinski definition) is 0. The highest BCUT2D eigenvalue weighted by Crippen LogP contribution is 2.45. The molecule has 0 unspecified atom stereocenters. The van der Waals surface area contributed by atoms with Crippen molar-refractivity contribution in [1.82, 2.24) is 0 Å². The highest BCUT2D eigenvalue weighted by Gasteiger charge is 2.40. The molecule has 0 atom stereocenters. The SMILES string of the molecule is COc1ccc(C(C)=O)c(O[Si](C)(C)C(C)(C)C)c1OC. The Morgan fingerprint density at radius 1 is 1.05 bits per heavy atom. The van der Waals surface area contributed by atoms with E-state index in [0.717, 1.165) is 0 Å². The fourth-order valence-electron chi connectivity index (χ4n) is 1.69. The van der Waals surface area contributed by atoms with Gasteiger partial charge in [0.05, 0.1) is 19.8 Å². The molecule has 0 N–H and O–H groups in total. The summed E-state index contributed by atoms with van der Waals surface area (Å²) in [5, 5.41) is 0.0230. The Balaban J connectivity index is 3.47. The summed E-state index contributed by atoms with van der Waals surface area (Å²) >= 11 is 0. The van der Waals surface area contributed by atoms with Gasteiger partial charge in [-0.15, -0.1) is 0 Å². The molecular formula is C16H26O4Si. The van der Waals surface area contributed by atoms with Crippen LogP contribution in [0.1, 0.15) is 38.1 Å². The zero-order valence-corrected chi connectivity index (χ0v) is 15.3. The maximum Gasteiger partial charge on any atom is 0.250 e. The lowest BCUT2D eigenvalue weighted by atomic mass is 10.1. The van der Waals surface area contributed by atoms with Crippen LogP contribution in [0.5, 0.6) is 17.2 Å². The maximum atomic E-state index is 11.9. The molecule has 0 saturated carbocycles. The number of methoxy groups -OCH3 is 2. The number of ketones is 1. The third-order valence-electron chi connectivity index (χ3n) is 4.04. The van der Waals surface area contributed by atoms with Crippen molar-refractivity contribution in [2.45, 2.75) is 45.8 Å². The average molecular weight is 310 g/mol. The van der Waals surface area contributed by atoms with Crippen molar-refractivity contribution >= 4 is 14.1 Å². The fraction of sp³-hybridized carbons (Fsp3) is 0.562. The third kappa shape index (κ3) is 3.58. The molecule has 1 aromatic carbocycles. The number of hydrogen-bond acceptors (Lipinski definition) is 4. The molecule has 1 aromatic rings. The molecule has 0 aliphatic carbocycles. The quantitative estimate of drug-likeness (QED) is 0.601. The number of rotatable bonds is 5. The number of ether oxygens (including phenoxy) is 2. The van der Waals surface area contributed by atoms with Crippen LogP contribution in [0.4, 0.5) is 0 Å². The van der Waals surface area contributed by atoms with Crippen LogP contribution in [0.25, 0.3) is 0 Å². The van der Waals surface area contributed by atoms with Crippen molar-refractivity contribution in [2.75, 3.05) is 14.2 Å². The first kappa shape index (κ1) is 17.6. The molecule has 5 heteroatoms. The standard InChI is InChI=1S/C16H26O4Si/c1-11(17)12-9-10-13(18-5)15(19-6)14(12)20-21(7,8)16(2,3)4/h9-10H,1-8H3. The van der Waals surface area contributed by atoms with Gasteiger partial charge in [-0.3, -0.25) is 4.79 Å². The van der Waals surface area contributed by atoms with E-state index in [1.54, 1.807) is 26.4 Å². The summed E-state index contributed by atoms with van der Waals surface area (Å²) in [5.74, 6) is 1.49. The van der Waals surface area contributed by atoms with Gasteiger partial charge in [0.15, 0.2) is 17.3 Å². The van der Waals surface area contributed by atoms with Gasteiger partial charge in [-0.1, -0.05) is 20.8 Å². The summed E-state index contributed by atoms with van der Waals surface area (Å²) in [6.07, 6.45) is 0. The van der Waals surface area contributed by atoms with Gasteiger partial charge in [0.2, 0.25) is 5.75 Å². The lowest BCUT2D eigenvalue weighted by molar-refractivity contribution is 0.101. The summed E-state index contributed by atoms with van der Waals surface area (Å²) in [5.41, 5.74) is 0.525. The lowest BCUT2D eigenvalue weighted by Crippen LogP contribution is -2.44. The molecule has 0 heterocycles. The van der Waals surface area contributed by atoms with Gasteiger partial charge < -0.3 is 13.9 Å². The predicted molar refractivity (Wildman–Crippen MR) is 87.4 cm³/mol. The van der Waals surface area contributed by atoms with Crippen LogP contribution in [-0.4, -0.2) is 28.3 Å². The van der Waals surface area contributed by atoms with Crippen LogP contribution in [0, 0.1) is 0 Å². The minimum atomic E-state index is -2.09. The van der Waals surface area contributed by atoms with Crippen LogP contribution >= 0.6 is 0 Å². The molecule has 0 amide bonds. The molecule has 0 bridgehead atoms. The summed E-state index contributed by atoms with van der Waals surface area (Å²) < 4.78 is 17.1. The number of carbonyl (C=O) groups excluding carboxylic acids is 1. The second-order valence-corrected chi connectivity index (χ2v) is 11.3. The molecule has 0 spiro atoms. The van der Waals surface area contributed by atoms with Gasteiger partial charge in [-0.2, -0.15) is 0 Å². The van der Waals surface area contributed by atoms with E-state index in [1.807, 2.05) is 0 Å². The second-order valence-electron chi connectivity index (χ2n) is 6.60. The minimum Gasteiger partial charge on any atom is -0.540 e. The normalized spacial score (nSPS) is 12.0. The Labute approximate surface area is 128 Å². The largest absolute Gasteiger partial charge is 0.540 e. The van der Waals surface area contributed by atoms with E-state index in [4.69, 9.17) is 13.9 Å². The van der Waals surface area contributed by atoms with Gasteiger partial charge in [-0.25, -0.2) is 0 Å². The molecule has 0 aliphatic rings. The summed E-state index contributed by atoms with van der Waals surface area (Å²) in [6.45, 7) is 12.3. The summed E-state index contributed by atoms with van der Waals surface area (Å²) in [7, 11) is 1.03. The molecule has 0 fully saturated rings. The molecule has 1 rings (SSSR count). The average Bonchev–Trinajstić information content (AvgIpc) is 2.35. The van der Waals surface area contributed by atoms with Gasteiger partial charge in [0.25, 0.3) is 8.32 Å². The Bertz CT molecular complexity index is 530. The van der Waals surface area contributed by atoms with E-state index in [9.17, 15) is 4.79 Å².